The van der Waals surface area contributed by atoms with E-state index in [2.05, 4.69) is 15.9 Å². The van der Waals surface area contributed by atoms with Crippen LogP contribution in [-0.2, 0) is 10.1 Å². The molecule has 0 saturated carbocycles. The van der Waals surface area contributed by atoms with Crippen LogP contribution in [0.2, 0.25) is 0 Å². The maximum absolute atomic E-state index is 10.7. The second-order valence-corrected chi connectivity index (χ2v) is 4.62. The molecule has 0 aliphatic carbocycles. The van der Waals surface area contributed by atoms with Crippen molar-refractivity contribution in [1.29, 1.82) is 0 Å². The minimum Gasteiger partial charge on any atom is -0.504 e. The highest BCUT2D eigenvalue weighted by Gasteiger charge is 2.17. The van der Waals surface area contributed by atoms with Crippen molar-refractivity contribution in [2.75, 3.05) is 5.73 Å². The summed E-state index contributed by atoms with van der Waals surface area (Å²) in [5.41, 5.74) is 5.14. The van der Waals surface area contributed by atoms with Gasteiger partial charge in [-0.1, -0.05) is 15.9 Å². The summed E-state index contributed by atoms with van der Waals surface area (Å²) in [6.45, 7) is 0. The number of halogens is 1. The molecule has 0 aliphatic heterocycles. The quantitative estimate of drug-likeness (QED) is 0.400. The number of rotatable bonds is 1. The van der Waals surface area contributed by atoms with Gasteiger partial charge in [0.2, 0.25) is 0 Å². The lowest BCUT2D eigenvalue weighted by atomic mass is 10.3. The summed E-state index contributed by atoms with van der Waals surface area (Å²) in [7, 11) is -4.44. The van der Waals surface area contributed by atoms with Crippen molar-refractivity contribution in [3.63, 3.8) is 0 Å². The molecule has 0 aliphatic rings. The molecule has 5 nitrogen and oxygen atoms in total. The number of phenolic OH excluding ortho intramolecular Hbond substituents is 1. The minimum atomic E-state index is -4.44. The van der Waals surface area contributed by atoms with Crippen molar-refractivity contribution in [1.82, 2.24) is 0 Å². The molecule has 1 aromatic carbocycles. The van der Waals surface area contributed by atoms with Gasteiger partial charge in [0.1, 0.15) is 4.90 Å². The van der Waals surface area contributed by atoms with Crippen LogP contribution in [0.4, 0.5) is 5.69 Å². The maximum atomic E-state index is 10.7. The first kappa shape index (κ1) is 10.3. The Labute approximate surface area is 83.1 Å². The van der Waals surface area contributed by atoms with Crippen LogP contribution < -0.4 is 5.73 Å². The van der Waals surface area contributed by atoms with Crippen LogP contribution in [0.5, 0.6) is 5.75 Å². The minimum absolute atomic E-state index is 0.123. The van der Waals surface area contributed by atoms with E-state index >= 15 is 0 Å². The lowest BCUT2D eigenvalue weighted by Crippen LogP contribution is -2.00. The van der Waals surface area contributed by atoms with E-state index < -0.39 is 20.8 Å². The molecule has 0 saturated heterocycles. The van der Waals surface area contributed by atoms with E-state index in [0.717, 1.165) is 6.07 Å². The summed E-state index contributed by atoms with van der Waals surface area (Å²) in [6.07, 6.45) is 0. The molecule has 0 unspecified atom stereocenters. The molecule has 4 N–H and O–H groups in total. The summed E-state index contributed by atoms with van der Waals surface area (Å²) in [4.78, 5) is -0.612. The highest BCUT2D eigenvalue weighted by atomic mass is 79.9. The van der Waals surface area contributed by atoms with Gasteiger partial charge in [-0.05, 0) is 12.1 Å². The maximum Gasteiger partial charge on any atom is 0.298 e. The van der Waals surface area contributed by atoms with Gasteiger partial charge in [-0.15, -0.1) is 0 Å². The zero-order chi connectivity index (χ0) is 10.2. The second-order valence-electron chi connectivity index (χ2n) is 2.32. The molecule has 1 rings (SSSR count). The Morgan fingerprint density at radius 1 is 1.38 bits per heavy atom. The number of benzene rings is 1. The average molecular weight is 268 g/mol. The van der Waals surface area contributed by atoms with Gasteiger partial charge in [0.25, 0.3) is 10.1 Å². The smallest absolute Gasteiger partial charge is 0.298 e. The van der Waals surface area contributed by atoms with E-state index in [1.807, 2.05) is 0 Å². The van der Waals surface area contributed by atoms with Crippen LogP contribution in [0.1, 0.15) is 0 Å². The number of hydrogen-bond acceptors (Lipinski definition) is 4. The summed E-state index contributed by atoms with van der Waals surface area (Å²) in [5, 5.41) is 9.17. The standard InChI is InChI=1S/C6H6BrNO4S/c7-3-1-4(8)6(9)5(2-3)13(10,11)12/h1-2,9H,8H2,(H,10,11,12). The molecular formula is C6H6BrNO4S. The molecule has 13 heavy (non-hydrogen) atoms. The molecule has 1 aromatic rings. The number of nitrogens with two attached hydrogens (primary N) is 1. The lowest BCUT2D eigenvalue weighted by molar-refractivity contribution is 0.445. The van der Waals surface area contributed by atoms with Crippen molar-refractivity contribution >= 4 is 31.7 Å². The summed E-state index contributed by atoms with van der Waals surface area (Å²) in [5.74, 6) is -0.647. The van der Waals surface area contributed by atoms with Crippen LogP contribution in [0.15, 0.2) is 21.5 Å². The zero-order valence-corrected chi connectivity index (χ0v) is 8.63. The van der Waals surface area contributed by atoms with Crippen LogP contribution in [0.3, 0.4) is 0 Å². The number of aromatic hydroxyl groups is 1. The van der Waals surface area contributed by atoms with E-state index in [9.17, 15) is 13.5 Å². The fraction of sp³-hybridized carbons (Fsp3) is 0. The predicted molar refractivity (Wildman–Crippen MR) is 50.0 cm³/mol. The van der Waals surface area contributed by atoms with Gasteiger partial charge >= 0.3 is 0 Å². The Bertz CT molecular complexity index is 442. The van der Waals surface area contributed by atoms with E-state index in [1.165, 1.54) is 6.07 Å². The molecule has 0 bridgehead atoms. The van der Waals surface area contributed by atoms with Gasteiger partial charge in [0, 0.05) is 4.47 Å². The fourth-order valence-electron chi connectivity index (χ4n) is 0.791. The molecule has 7 heteroatoms. The first-order valence-electron chi connectivity index (χ1n) is 3.08. The second kappa shape index (κ2) is 3.17. The van der Waals surface area contributed by atoms with Crippen LogP contribution in [-0.4, -0.2) is 18.1 Å². The third-order valence-electron chi connectivity index (χ3n) is 1.35. The zero-order valence-electron chi connectivity index (χ0n) is 6.23. The topological polar surface area (TPSA) is 101 Å². The first-order valence-corrected chi connectivity index (χ1v) is 5.31. The Morgan fingerprint density at radius 3 is 2.38 bits per heavy atom. The van der Waals surface area contributed by atoms with Gasteiger partial charge in [0.05, 0.1) is 5.69 Å². The number of nitrogen functional groups attached to an aromatic ring is 1. The van der Waals surface area contributed by atoms with Gasteiger partial charge in [-0.3, -0.25) is 4.55 Å². The number of anilines is 1. The Hall–Kier alpha value is -0.790. The molecule has 0 atom stereocenters. The van der Waals surface area contributed by atoms with E-state index in [0.29, 0.717) is 4.47 Å². The van der Waals surface area contributed by atoms with Crippen LogP contribution in [0, 0.1) is 0 Å². The summed E-state index contributed by atoms with van der Waals surface area (Å²) >= 11 is 2.97. The van der Waals surface area contributed by atoms with Crippen molar-refractivity contribution in [2.45, 2.75) is 4.90 Å². The Balaban J connectivity index is 3.56. The highest BCUT2D eigenvalue weighted by Crippen LogP contribution is 2.32. The lowest BCUT2D eigenvalue weighted by Gasteiger charge is -2.04. The Kier molecular flexibility index (Phi) is 2.51. The predicted octanol–water partition coefficient (Wildman–Crippen LogP) is 0.984. The molecule has 0 fully saturated rings. The largest absolute Gasteiger partial charge is 0.504 e. The molecule has 72 valence electrons. The monoisotopic (exact) mass is 267 g/mol. The van der Waals surface area contributed by atoms with Gasteiger partial charge in [0.15, 0.2) is 5.75 Å². The van der Waals surface area contributed by atoms with Crippen molar-refractivity contribution in [3.8, 4) is 5.75 Å². The normalized spacial score (nSPS) is 11.5. The highest BCUT2D eigenvalue weighted by molar-refractivity contribution is 9.10. The van der Waals surface area contributed by atoms with Crippen LogP contribution in [0.25, 0.3) is 0 Å². The van der Waals surface area contributed by atoms with Crippen molar-refractivity contribution in [3.05, 3.63) is 16.6 Å². The van der Waals surface area contributed by atoms with E-state index in [-0.39, 0.29) is 5.69 Å². The first-order chi connectivity index (χ1) is 5.82. The van der Waals surface area contributed by atoms with E-state index in [4.69, 9.17) is 10.3 Å². The average Bonchev–Trinajstić information content (AvgIpc) is 1.94. The van der Waals surface area contributed by atoms with Gasteiger partial charge in [-0.25, -0.2) is 0 Å². The van der Waals surface area contributed by atoms with Gasteiger partial charge in [-0.2, -0.15) is 8.42 Å². The Morgan fingerprint density at radius 2 is 1.92 bits per heavy atom. The molecule has 0 spiro atoms. The van der Waals surface area contributed by atoms with E-state index in [1.54, 1.807) is 0 Å². The molecule has 0 amide bonds. The SMILES string of the molecule is Nc1cc(Br)cc(S(=O)(=O)O)c1O. The summed E-state index contributed by atoms with van der Waals surface area (Å²) in [6, 6.07) is 2.38. The molecule has 0 heterocycles. The summed E-state index contributed by atoms with van der Waals surface area (Å²) < 4.78 is 30.4. The third kappa shape index (κ3) is 2.11. The third-order valence-corrected chi connectivity index (χ3v) is 2.67. The number of phenols is 1. The molecule has 0 aromatic heterocycles. The fourth-order valence-corrected chi connectivity index (χ4v) is 2.06. The van der Waals surface area contributed by atoms with Crippen LogP contribution >= 0.6 is 15.9 Å². The molecular weight excluding hydrogens is 262 g/mol. The number of hydrogen-bond donors (Lipinski definition) is 3. The molecule has 0 radical (unpaired) electrons. The van der Waals surface area contributed by atoms with Crippen molar-refractivity contribution in [2.24, 2.45) is 0 Å². The van der Waals surface area contributed by atoms with Crippen molar-refractivity contribution < 1.29 is 18.1 Å². The van der Waals surface area contributed by atoms with Gasteiger partial charge < -0.3 is 10.8 Å².